The number of anilines is 2. The summed E-state index contributed by atoms with van der Waals surface area (Å²) in [6.07, 6.45) is 1.20. The molecule has 1 unspecified atom stereocenters. The van der Waals surface area contributed by atoms with Gasteiger partial charge in [0.2, 0.25) is 11.8 Å². The summed E-state index contributed by atoms with van der Waals surface area (Å²) >= 11 is 1.29. The summed E-state index contributed by atoms with van der Waals surface area (Å²) in [5.41, 5.74) is 2.30. The molecule has 1 saturated heterocycles. The number of hydrogen-bond acceptors (Lipinski definition) is 6. The maximum absolute atomic E-state index is 13.2. The fraction of sp³-hybridized carbons (Fsp3) is 0.360. The molecule has 2 aliphatic rings. The first-order chi connectivity index (χ1) is 16.4. The number of nitrogens with zero attached hydrogens (tertiary/aromatic N) is 2. The summed E-state index contributed by atoms with van der Waals surface area (Å²) in [6, 6.07) is 14.7. The molecule has 2 aromatic carbocycles. The summed E-state index contributed by atoms with van der Waals surface area (Å²) in [5.74, 6) is -1.53. The van der Waals surface area contributed by atoms with Gasteiger partial charge in [0, 0.05) is 30.0 Å². The zero-order valence-electron chi connectivity index (χ0n) is 19.2. The van der Waals surface area contributed by atoms with Gasteiger partial charge in [-0.3, -0.25) is 19.3 Å². The molecule has 1 N–H and O–H groups in total. The zero-order valence-corrected chi connectivity index (χ0v) is 20.0. The molecule has 2 aliphatic heterocycles. The molecule has 2 aromatic rings. The second-order valence-electron chi connectivity index (χ2n) is 8.34. The number of amides is 3. The number of hydrogen-bond donors (Lipinski definition) is 1. The number of thioether (sulfide) groups is 1. The van der Waals surface area contributed by atoms with Crippen LogP contribution in [0, 0.1) is 6.92 Å². The molecule has 2 heterocycles. The minimum absolute atomic E-state index is 0.138. The maximum Gasteiger partial charge on any atom is 0.344 e. The van der Waals surface area contributed by atoms with E-state index in [-0.39, 0.29) is 24.8 Å². The highest BCUT2D eigenvalue weighted by Gasteiger charge is 2.58. The van der Waals surface area contributed by atoms with Gasteiger partial charge in [-0.2, -0.15) is 0 Å². The fourth-order valence-corrected chi connectivity index (χ4v) is 5.65. The van der Waals surface area contributed by atoms with Crippen molar-refractivity contribution in [2.24, 2.45) is 0 Å². The van der Waals surface area contributed by atoms with E-state index in [0.717, 1.165) is 10.5 Å². The highest BCUT2D eigenvalue weighted by molar-refractivity contribution is 8.02. The van der Waals surface area contributed by atoms with Crippen molar-refractivity contribution in [1.29, 1.82) is 0 Å². The average Bonchev–Trinajstić information content (AvgIpc) is 3.34. The van der Waals surface area contributed by atoms with Crippen LogP contribution in [0.4, 0.5) is 11.4 Å². The van der Waals surface area contributed by atoms with Crippen LogP contribution in [0.5, 0.6) is 0 Å². The van der Waals surface area contributed by atoms with Crippen LogP contribution in [0.3, 0.4) is 0 Å². The van der Waals surface area contributed by atoms with Crippen molar-refractivity contribution in [3.63, 3.8) is 0 Å². The lowest BCUT2D eigenvalue weighted by Crippen LogP contribution is -2.49. The number of carbonyl (C=O) groups is 4. The second kappa shape index (κ2) is 9.89. The molecule has 0 radical (unpaired) electrons. The molecule has 0 saturated carbocycles. The van der Waals surface area contributed by atoms with E-state index in [1.54, 1.807) is 6.07 Å². The van der Waals surface area contributed by atoms with E-state index in [1.807, 2.05) is 56.3 Å². The van der Waals surface area contributed by atoms with Gasteiger partial charge >= 0.3 is 5.97 Å². The average molecular weight is 482 g/mol. The molecular formula is C25H27N3O5S. The van der Waals surface area contributed by atoms with Crippen molar-refractivity contribution in [2.75, 3.05) is 29.9 Å². The van der Waals surface area contributed by atoms with E-state index >= 15 is 0 Å². The normalized spacial score (nSPS) is 18.3. The number of carbonyl (C=O) groups excluding carboxylic acids is 4. The molecule has 0 aliphatic carbocycles. The minimum Gasteiger partial charge on any atom is -0.453 e. The molecule has 1 atom stereocenters. The summed E-state index contributed by atoms with van der Waals surface area (Å²) in [4.78, 5) is 53.6. The lowest BCUT2D eigenvalue weighted by Gasteiger charge is -2.29. The van der Waals surface area contributed by atoms with Gasteiger partial charge in [-0.05, 0) is 37.1 Å². The van der Waals surface area contributed by atoms with Crippen LogP contribution in [0.25, 0.3) is 0 Å². The maximum atomic E-state index is 13.2. The van der Waals surface area contributed by atoms with Crippen LogP contribution in [0.15, 0.2) is 53.4 Å². The first-order valence-corrected chi connectivity index (χ1v) is 12.1. The number of ether oxygens (including phenoxy) is 1. The SMILES string of the molecule is CCCN(CC(=O)Nc1ccccc1C)C(=O)COC(=O)C12CCC(=O)N1c1ccccc1S2. The largest absolute Gasteiger partial charge is 0.453 e. The Balaban J connectivity index is 1.39. The van der Waals surface area contributed by atoms with Crippen molar-refractivity contribution < 1.29 is 23.9 Å². The number of nitrogens with one attached hydrogen (secondary N) is 1. The number of rotatable bonds is 8. The van der Waals surface area contributed by atoms with E-state index in [9.17, 15) is 19.2 Å². The summed E-state index contributed by atoms with van der Waals surface area (Å²) in [7, 11) is 0. The Kier molecular flexibility index (Phi) is 6.92. The van der Waals surface area contributed by atoms with E-state index in [0.29, 0.717) is 30.8 Å². The molecule has 0 spiro atoms. The van der Waals surface area contributed by atoms with Gasteiger partial charge in [0.1, 0.15) is 0 Å². The molecule has 9 heteroatoms. The highest BCUT2D eigenvalue weighted by atomic mass is 32.2. The van der Waals surface area contributed by atoms with E-state index in [2.05, 4.69) is 5.32 Å². The topological polar surface area (TPSA) is 96.0 Å². The van der Waals surface area contributed by atoms with Gasteiger partial charge in [0.25, 0.3) is 5.91 Å². The minimum atomic E-state index is -1.18. The van der Waals surface area contributed by atoms with Crippen molar-refractivity contribution >= 4 is 46.8 Å². The first-order valence-electron chi connectivity index (χ1n) is 11.3. The standard InChI is InChI=1S/C25H27N3O5S/c1-3-14-27(15-21(29)26-18-9-5-4-8-17(18)2)23(31)16-33-24(32)25-13-12-22(30)28(25)19-10-6-7-11-20(19)34-25/h4-11H,3,12-16H2,1-2H3,(H,26,29). The molecule has 8 nitrogen and oxygen atoms in total. The first kappa shape index (κ1) is 23.8. The van der Waals surface area contributed by atoms with Crippen LogP contribution < -0.4 is 10.2 Å². The quantitative estimate of drug-likeness (QED) is 0.581. The molecule has 0 bridgehead atoms. The lowest BCUT2D eigenvalue weighted by atomic mass is 10.2. The number of aryl methyl sites for hydroxylation is 1. The lowest BCUT2D eigenvalue weighted by molar-refractivity contribution is -0.154. The Bertz CT molecular complexity index is 1140. The monoisotopic (exact) mass is 481 g/mol. The van der Waals surface area contributed by atoms with Crippen LogP contribution in [0.1, 0.15) is 31.7 Å². The Morgan fingerprint density at radius 3 is 2.65 bits per heavy atom. The van der Waals surface area contributed by atoms with Gasteiger partial charge in [-0.25, -0.2) is 4.79 Å². The van der Waals surface area contributed by atoms with E-state index in [4.69, 9.17) is 4.74 Å². The van der Waals surface area contributed by atoms with Crippen molar-refractivity contribution in [3.05, 3.63) is 54.1 Å². The van der Waals surface area contributed by atoms with Crippen LogP contribution in [0.2, 0.25) is 0 Å². The summed E-state index contributed by atoms with van der Waals surface area (Å²) < 4.78 is 5.44. The summed E-state index contributed by atoms with van der Waals surface area (Å²) in [5, 5.41) is 2.82. The molecule has 4 rings (SSSR count). The highest BCUT2D eigenvalue weighted by Crippen LogP contribution is 2.56. The Labute approximate surface area is 202 Å². The third-order valence-electron chi connectivity index (χ3n) is 5.92. The predicted octanol–water partition coefficient (Wildman–Crippen LogP) is 3.34. The number of benzene rings is 2. The second-order valence-corrected chi connectivity index (χ2v) is 9.66. The Hall–Kier alpha value is -3.33. The van der Waals surface area contributed by atoms with Crippen LogP contribution in [-0.4, -0.2) is 53.2 Å². The van der Waals surface area contributed by atoms with E-state index in [1.165, 1.54) is 21.6 Å². The number of para-hydroxylation sites is 2. The number of fused-ring (bicyclic) bond motifs is 3. The smallest absolute Gasteiger partial charge is 0.344 e. The van der Waals surface area contributed by atoms with Crippen LogP contribution >= 0.6 is 11.8 Å². The molecule has 178 valence electrons. The summed E-state index contributed by atoms with van der Waals surface area (Å²) in [6.45, 7) is 3.51. The Morgan fingerprint density at radius 1 is 1.15 bits per heavy atom. The molecule has 34 heavy (non-hydrogen) atoms. The molecular weight excluding hydrogens is 454 g/mol. The zero-order chi connectivity index (χ0) is 24.3. The van der Waals surface area contributed by atoms with Gasteiger partial charge < -0.3 is 15.0 Å². The fourth-order valence-electron chi connectivity index (χ4n) is 4.24. The van der Waals surface area contributed by atoms with Gasteiger partial charge in [-0.1, -0.05) is 49.0 Å². The predicted molar refractivity (Wildman–Crippen MR) is 129 cm³/mol. The van der Waals surface area contributed by atoms with Gasteiger partial charge in [0.05, 0.1) is 12.2 Å². The molecule has 3 amide bonds. The van der Waals surface area contributed by atoms with Gasteiger partial charge in [0.15, 0.2) is 11.5 Å². The molecule has 0 aromatic heterocycles. The van der Waals surface area contributed by atoms with Crippen molar-refractivity contribution in [3.8, 4) is 0 Å². The van der Waals surface area contributed by atoms with Crippen molar-refractivity contribution in [1.82, 2.24) is 4.90 Å². The van der Waals surface area contributed by atoms with Gasteiger partial charge in [-0.15, -0.1) is 0 Å². The number of esters is 1. The molecule has 1 fully saturated rings. The Morgan fingerprint density at radius 2 is 1.88 bits per heavy atom. The van der Waals surface area contributed by atoms with Crippen molar-refractivity contribution in [2.45, 2.75) is 42.9 Å². The third-order valence-corrected chi connectivity index (χ3v) is 7.38. The third kappa shape index (κ3) is 4.52. The van der Waals surface area contributed by atoms with Crippen LogP contribution in [-0.2, 0) is 23.9 Å². The van der Waals surface area contributed by atoms with E-state index < -0.39 is 23.4 Å².